The average Bonchev–Trinajstić information content (AvgIpc) is 2.55. The van der Waals surface area contributed by atoms with Crippen LogP contribution in [0.1, 0.15) is 4.88 Å². The van der Waals surface area contributed by atoms with Gasteiger partial charge in [-0.25, -0.2) is 4.41 Å². The number of thiol groups is 1. The van der Waals surface area contributed by atoms with Gasteiger partial charge in [-0.05, 0) is 24.3 Å². The lowest BCUT2D eigenvalue weighted by molar-refractivity contribution is 0.259. The molecule has 2 rings (SSSR count). The lowest BCUT2D eigenvalue weighted by Crippen LogP contribution is -2.00. The van der Waals surface area contributed by atoms with E-state index in [4.69, 9.17) is 4.74 Å². The fraction of sp³-hybridized carbons (Fsp3) is 0.167. The van der Waals surface area contributed by atoms with E-state index in [0.717, 1.165) is 4.88 Å². The van der Waals surface area contributed by atoms with Crippen molar-refractivity contribution in [3.05, 3.63) is 22.4 Å². The number of rotatable bonds is 1. The van der Waals surface area contributed by atoms with Crippen LogP contribution >= 0.6 is 24.2 Å². The first-order valence-corrected chi connectivity index (χ1v) is 4.36. The number of thiophene rings is 1. The van der Waals surface area contributed by atoms with E-state index in [0.29, 0.717) is 12.6 Å². The van der Waals surface area contributed by atoms with Crippen LogP contribution < -0.4 is 0 Å². The minimum atomic E-state index is 0.427. The van der Waals surface area contributed by atoms with Crippen molar-refractivity contribution in [3.63, 3.8) is 0 Å². The minimum Gasteiger partial charge on any atom is -0.452 e. The summed E-state index contributed by atoms with van der Waals surface area (Å²) in [7, 11) is 0. The second kappa shape index (κ2) is 2.75. The second-order valence-electron chi connectivity index (χ2n) is 2.03. The molecule has 1 aliphatic heterocycles. The van der Waals surface area contributed by atoms with Crippen molar-refractivity contribution in [3.8, 4) is 0 Å². The van der Waals surface area contributed by atoms with Gasteiger partial charge in [-0.3, -0.25) is 0 Å². The van der Waals surface area contributed by atoms with E-state index >= 15 is 0 Å². The predicted molar refractivity (Wildman–Crippen MR) is 47.6 cm³/mol. The van der Waals surface area contributed by atoms with Crippen LogP contribution in [0.4, 0.5) is 0 Å². The van der Waals surface area contributed by atoms with Gasteiger partial charge >= 0.3 is 0 Å². The zero-order valence-corrected chi connectivity index (χ0v) is 7.31. The molecular weight excluding hydrogens is 180 g/mol. The Labute approximate surface area is 73.8 Å². The van der Waals surface area contributed by atoms with Gasteiger partial charge in [0.15, 0.2) is 6.73 Å². The van der Waals surface area contributed by atoms with Gasteiger partial charge in [-0.1, -0.05) is 6.07 Å². The van der Waals surface area contributed by atoms with E-state index in [9.17, 15) is 0 Å². The maximum atomic E-state index is 5.22. The van der Waals surface area contributed by atoms with Gasteiger partial charge < -0.3 is 4.74 Å². The summed E-state index contributed by atoms with van der Waals surface area (Å²) in [4.78, 5) is 1.04. The summed E-state index contributed by atoms with van der Waals surface area (Å²) in [6.45, 7) is 0.427. The summed E-state index contributed by atoms with van der Waals surface area (Å²) in [5, 5.41) is 6.02. The minimum absolute atomic E-state index is 0.427. The lowest BCUT2D eigenvalue weighted by atomic mass is 10.5. The van der Waals surface area contributed by atoms with Crippen LogP contribution in [0, 0.1) is 0 Å². The molecule has 0 radical (unpaired) electrons. The van der Waals surface area contributed by atoms with Gasteiger partial charge in [-0.2, -0.15) is 0 Å². The SMILES string of the molecule is SN1COC(c2cccs2)=N1. The molecule has 1 aliphatic rings. The van der Waals surface area contributed by atoms with Crippen LogP contribution in [0.15, 0.2) is 22.6 Å². The van der Waals surface area contributed by atoms with E-state index in [1.807, 2.05) is 17.5 Å². The first kappa shape index (κ1) is 7.00. The molecule has 1 aromatic rings. The topological polar surface area (TPSA) is 24.8 Å². The summed E-state index contributed by atoms with van der Waals surface area (Å²) in [6.07, 6.45) is 0. The quantitative estimate of drug-likeness (QED) is 0.673. The molecule has 0 N–H and O–H groups in total. The molecule has 0 bridgehead atoms. The average molecular weight is 186 g/mol. The Kier molecular flexibility index (Phi) is 1.75. The zero-order valence-electron chi connectivity index (χ0n) is 5.60. The zero-order chi connectivity index (χ0) is 7.68. The third-order valence-electron chi connectivity index (χ3n) is 1.25. The maximum absolute atomic E-state index is 5.22. The molecule has 2 heterocycles. The Hall–Kier alpha value is -0.680. The standard InChI is InChI=1S/C6H6N2OS2/c10-8-4-9-6(7-8)5-2-1-3-11-5/h1-3,10H,4H2. The van der Waals surface area contributed by atoms with Crippen LogP contribution in [0.3, 0.4) is 0 Å². The normalized spacial score (nSPS) is 16.5. The third-order valence-corrected chi connectivity index (χ3v) is 2.32. The van der Waals surface area contributed by atoms with Crippen LogP contribution in [0.5, 0.6) is 0 Å². The predicted octanol–water partition coefficient (Wildman–Crippen LogP) is 1.54. The molecule has 5 heteroatoms. The number of hydrogen-bond acceptors (Lipinski definition) is 5. The van der Waals surface area contributed by atoms with E-state index in [-0.39, 0.29) is 0 Å². The van der Waals surface area contributed by atoms with Crippen molar-refractivity contribution in [2.75, 3.05) is 6.73 Å². The molecule has 0 fully saturated rings. The van der Waals surface area contributed by atoms with Gasteiger partial charge in [-0.15, -0.1) is 16.4 Å². The van der Waals surface area contributed by atoms with E-state index in [1.54, 1.807) is 11.3 Å². The van der Waals surface area contributed by atoms with Crippen molar-refractivity contribution in [1.82, 2.24) is 4.41 Å². The number of ether oxygens (including phenoxy) is 1. The molecule has 0 saturated heterocycles. The maximum Gasteiger partial charge on any atom is 0.251 e. The fourth-order valence-corrected chi connectivity index (χ4v) is 1.60. The molecule has 0 aromatic carbocycles. The Balaban J connectivity index is 2.25. The molecule has 0 spiro atoms. The molecule has 0 atom stereocenters. The largest absolute Gasteiger partial charge is 0.452 e. The van der Waals surface area contributed by atoms with Crippen LogP contribution in [-0.2, 0) is 4.74 Å². The third kappa shape index (κ3) is 1.34. The second-order valence-corrected chi connectivity index (χ2v) is 3.44. The van der Waals surface area contributed by atoms with E-state index in [1.165, 1.54) is 4.41 Å². The van der Waals surface area contributed by atoms with E-state index < -0.39 is 0 Å². The summed E-state index contributed by atoms with van der Waals surface area (Å²) >= 11 is 5.61. The highest BCUT2D eigenvalue weighted by atomic mass is 32.1. The molecule has 1 aromatic heterocycles. The van der Waals surface area contributed by atoms with Crippen molar-refractivity contribution in [1.29, 1.82) is 0 Å². The summed E-state index contributed by atoms with van der Waals surface area (Å²) in [6, 6.07) is 3.93. The van der Waals surface area contributed by atoms with Crippen LogP contribution in [-0.4, -0.2) is 17.0 Å². The van der Waals surface area contributed by atoms with Crippen molar-refractivity contribution >= 4 is 30.0 Å². The highest BCUT2D eigenvalue weighted by molar-refractivity contribution is 7.77. The van der Waals surface area contributed by atoms with Gasteiger partial charge in [0.1, 0.15) is 0 Å². The molecule has 11 heavy (non-hydrogen) atoms. The van der Waals surface area contributed by atoms with Gasteiger partial charge in [0.05, 0.1) is 4.88 Å². The molecule has 58 valence electrons. The Bertz CT molecular complexity index is 270. The Morgan fingerprint density at radius 1 is 1.73 bits per heavy atom. The van der Waals surface area contributed by atoms with Crippen molar-refractivity contribution < 1.29 is 4.74 Å². The van der Waals surface area contributed by atoms with Gasteiger partial charge in [0.25, 0.3) is 5.90 Å². The molecule has 0 saturated carbocycles. The van der Waals surface area contributed by atoms with Crippen molar-refractivity contribution in [2.24, 2.45) is 5.10 Å². The Morgan fingerprint density at radius 3 is 3.18 bits per heavy atom. The smallest absolute Gasteiger partial charge is 0.251 e. The molecule has 3 nitrogen and oxygen atoms in total. The monoisotopic (exact) mass is 186 g/mol. The van der Waals surface area contributed by atoms with Crippen LogP contribution in [0.2, 0.25) is 0 Å². The first-order valence-electron chi connectivity index (χ1n) is 3.08. The summed E-state index contributed by atoms with van der Waals surface area (Å²) in [5.74, 6) is 0.662. The number of hydrazone groups is 1. The lowest BCUT2D eigenvalue weighted by Gasteiger charge is -1.96. The highest BCUT2D eigenvalue weighted by Crippen LogP contribution is 2.16. The molecule has 0 amide bonds. The van der Waals surface area contributed by atoms with Crippen molar-refractivity contribution in [2.45, 2.75) is 0 Å². The molecular formula is C6H6N2OS2. The Morgan fingerprint density at radius 2 is 2.64 bits per heavy atom. The number of nitrogens with zero attached hydrogens (tertiary/aromatic N) is 2. The fourth-order valence-electron chi connectivity index (χ4n) is 0.802. The summed E-state index contributed by atoms with van der Waals surface area (Å²) in [5.41, 5.74) is 0. The molecule has 0 unspecified atom stereocenters. The first-order chi connectivity index (χ1) is 5.36. The summed E-state index contributed by atoms with van der Waals surface area (Å²) < 4.78 is 6.69. The highest BCUT2D eigenvalue weighted by Gasteiger charge is 2.14. The van der Waals surface area contributed by atoms with E-state index in [2.05, 4.69) is 17.9 Å². The van der Waals surface area contributed by atoms with Gasteiger partial charge in [0, 0.05) is 0 Å². The molecule has 0 aliphatic carbocycles. The number of hydrogen-bond donors (Lipinski definition) is 1. The van der Waals surface area contributed by atoms with Gasteiger partial charge in [0.2, 0.25) is 0 Å². The van der Waals surface area contributed by atoms with Crippen LogP contribution in [0.25, 0.3) is 0 Å².